The van der Waals surface area contributed by atoms with Gasteiger partial charge in [-0.05, 0) is 22.3 Å². The van der Waals surface area contributed by atoms with Crippen molar-refractivity contribution < 1.29 is 0 Å². The summed E-state index contributed by atoms with van der Waals surface area (Å²) in [7, 11) is 0. The van der Waals surface area contributed by atoms with Crippen LogP contribution in [0.2, 0.25) is 0 Å². The average Bonchev–Trinajstić information content (AvgIpc) is 1.81. The zero-order chi connectivity index (χ0) is 6.24. The van der Waals surface area contributed by atoms with Gasteiger partial charge < -0.3 is 0 Å². The van der Waals surface area contributed by atoms with Crippen LogP contribution in [0.5, 0.6) is 0 Å². The molecule has 0 fully saturated rings. The smallest absolute Gasteiger partial charge is 0.00543 e. The molecule has 0 bridgehead atoms. The molecule has 0 aliphatic carbocycles. The van der Waals surface area contributed by atoms with E-state index in [-0.39, 0.29) is 0 Å². The van der Waals surface area contributed by atoms with Gasteiger partial charge in [-0.2, -0.15) is 0 Å². The first-order valence-corrected chi connectivity index (χ1v) is 4.89. The lowest BCUT2D eigenvalue weighted by atomic mass is 11.0. The van der Waals surface area contributed by atoms with Crippen LogP contribution in [0.4, 0.5) is 0 Å². The molecule has 0 aromatic rings. The molecule has 0 nitrogen and oxygen atoms in total. The molecule has 0 aliphatic heterocycles. The van der Waals surface area contributed by atoms with Gasteiger partial charge in [0.05, 0.1) is 0 Å². The van der Waals surface area contributed by atoms with Gasteiger partial charge in [0.15, 0.2) is 0 Å². The van der Waals surface area contributed by atoms with Crippen LogP contribution in [0.3, 0.4) is 0 Å². The number of thioether (sulfide) groups is 2. The Kier molecular flexibility index (Phi) is 7.85. The van der Waals surface area contributed by atoms with Crippen molar-refractivity contribution in [2.24, 2.45) is 0 Å². The number of hydrogen-bond acceptors (Lipinski definition) is 2. The Labute approximate surface area is 60.1 Å². The Hall–Kier alpha value is 0.440. The lowest BCUT2D eigenvalue weighted by Crippen LogP contribution is -1.58. The van der Waals surface area contributed by atoms with Crippen molar-refractivity contribution in [3.05, 3.63) is 10.8 Å². The predicted octanol–water partition coefficient (Wildman–Crippen LogP) is 2.96. The molecule has 0 spiro atoms. The van der Waals surface area contributed by atoms with E-state index >= 15 is 0 Å². The maximum Gasteiger partial charge on any atom is -0.00543 e. The predicted molar refractivity (Wildman–Crippen MR) is 45.4 cm³/mol. The summed E-state index contributed by atoms with van der Waals surface area (Å²) in [5, 5.41) is 4.29. The van der Waals surface area contributed by atoms with E-state index in [4.69, 9.17) is 0 Å². The van der Waals surface area contributed by atoms with Crippen LogP contribution in [0.15, 0.2) is 10.8 Å². The van der Waals surface area contributed by atoms with Crippen molar-refractivity contribution in [3.8, 4) is 0 Å². The summed E-state index contributed by atoms with van der Waals surface area (Å²) in [6.45, 7) is 4.32. The van der Waals surface area contributed by atoms with Crippen molar-refractivity contribution in [2.45, 2.75) is 13.8 Å². The van der Waals surface area contributed by atoms with E-state index in [0.29, 0.717) is 0 Å². The van der Waals surface area contributed by atoms with E-state index in [1.807, 2.05) is 23.5 Å². The summed E-state index contributed by atoms with van der Waals surface area (Å²) >= 11 is 3.69. The first-order chi connectivity index (χ1) is 3.91. The van der Waals surface area contributed by atoms with Gasteiger partial charge in [-0.3, -0.25) is 0 Å². The average molecular weight is 148 g/mol. The van der Waals surface area contributed by atoms with Crippen LogP contribution in [0.1, 0.15) is 13.8 Å². The van der Waals surface area contributed by atoms with Gasteiger partial charge in [-0.1, -0.05) is 13.8 Å². The zero-order valence-electron chi connectivity index (χ0n) is 5.39. The molecule has 0 amide bonds. The summed E-state index contributed by atoms with van der Waals surface area (Å²) in [4.78, 5) is 0. The highest BCUT2D eigenvalue weighted by Gasteiger charge is 1.72. The van der Waals surface area contributed by atoms with Crippen LogP contribution < -0.4 is 0 Å². The Morgan fingerprint density at radius 2 is 1.38 bits per heavy atom. The number of hydrogen-bond donors (Lipinski definition) is 0. The van der Waals surface area contributed by atoms with Gasteiger partial charge in [0.25, 0.3) is 0 Å². The molecule has 8 heavy (non-hydrogen) atoms. The topological polar surface area (TPSA) is 0 Å². The van der Waals surface area contributed by atoms with Crippen LogP contribution in [-0.2, 0) is 0 Å². The molecule has 0 aromatic heterocycles. The van der Waals surface area contributed by atoms with E-state index in [2.05, 4.69) is 24.7 Å². The fourth-order valence-corrected chi connectivity index (χ4v) is 1.28. The van der Waals surface area contributed by atoms with Gasteiger partial charge >= 0.3 is 0 Å². The van der Waals surface area contributed by atoms with Crippen molar-refractivity contribution in [3.63, 3.8) is 0 Å². The molecule has 0 saturated carbocycles. The molecule has 0 unspecified atom stereocenters. The van der Waals surface area contributed by atoms with E-state index in [1.165, 1.54) is 11.5 Å². The van der Waals surface area contributed by atoms with Crippen LogP contribution in [0.25, 0.3) is 0 Å². The molecule has 0 aliphatic rings. The van der Waals surface area contributed by atoms with Crippen molar-refractivity contribution >= 4 is 23.5 Å². The summed E-state index contributed by atoms with van der Waals surface area (Å²) in [6.07, 6.45) is 0. The monoisotopic (exact) mass is 148 g/mol. The molecule has 0 radical (unpaired) electrons. The molecular formula is C6H12S2. The highest BCUT2D eigenvalue weighted by Crippen LogP contribution is 2.06. The first kappa shape index (κ1) is 8.44. The summed E-state index contributed by atoms with van der Waals surface area (Å²) in [5.74, 6) is 2.36. The maximum atomic E-state index is 2.16. The van der Waals surface area contributed by atoms with E-state index < -0.39 is 0 Å². The Morgan fingerprint density at radius 3 is 1.62 bits per heavy atom. The summed E-state index contributed by atoms with van der Waals surface area (Å²) in [5.41, 5.74) is 0. The van der Waals surface area contributed by atoms with Gasteiger partial charge in [0.1, 0.15) is 0 Å². The van der Waals surface area contributed by atoms with Gasteiger partial charge in [0, 0.05) is 0 Å². The zero-order valence-corrected chi connectivity index (χ0v) is 7.02. The van der Waals surface area contributed by atoms with Crippen molar-refractivity contribution in [1.82, 2.24) is 0 Å². The standard InChI is InChI=1S/C6H12S2/c1-3-7-5-6-8-4-2/h5-6H,3-4H2,1-2H3/b6-5+. The minimum atomic E-state index is 1.18. The third-order valence-electron chi connectivity index (χ3n) is 0.581. The molecule has 0 atom stereocenters. The minimum Gasteiger partial charge on any atom is -0.134 e. The van der Waals surface area contributed by atoms with Crippen LogP contribution in [-0.4, -0.2) is 11.5 Å². The van der Waals surface area contributed by atoms with Gasteiger partial charge in [0.2, 0.25) is 0 Å². The molecular weight excluding hydrogens is 136 g/mol. The molecule has 48 valence electrons. The molecule has 0 aromatic carbocycles. The highest BCUT2D eigenvalue weighted by atomic mass is 32.2. The second kappa shape index (κ2) is 7.44. The first-order valence-electron chi connectivity index (χ1n) is 2.80. The third kappa shape index (κ3) is 6.44. The lowest BCUT2D eigenvalue weighted by Gasteiger charge is -1.83. The van der Waals surface area contributed by atoms with Gasteiger partial charge in [-0.15, -0.1) is 23.5 Å². The van der Waals surface area contributed by atoms with E-state index in [9.17, 15) is 0 Å². The third-order valence-corrected chi connectivity index (χ3v) is 2.08. The molecule has 0 heterocycles. The van der Waals surface area contributed by atoms with Crippen molar-refractivity contribution in [2.75, 3.05) is 11.5 Å². The molecule has 0 saturated heterocycles. The summed E-state index contributed by atoms with van der Waals surface area (Å²) in [6, 6.07) is 0. The largest absolute Gasteiger partial charge is 0.134 e. The quantitative estimate of drug-likeness (QED) is 0.601. The SMILES string of the molecule is CCS/C=C/SCC. The molecule has 0 rings (SSSR count). The highest BCUT2D eigenvalue weighted by molar-refractivity contribution is 8.05. The number of rotatable bonds is 4. The van der Waals surface area contributed by atoms with Crippen LogP contribution in [0, 0.1) is 0 Å². The second-order valence-corrected chi connectivity index (χ2v) is 3.55. The van der Waals surface area contributed by atoms with Crippen LogP contribution >= 0.6 is 23.5 Å². The van der Waals surface area contributed by atoms with Gasteiger partial charge in [-0.25, -0.2) is 0 Å². The lowest BCUT2D eigenvalue weighted by molar-refractivity contribution is 1.53. The Balaban J connectivity index is 2.83. The maximum absolute atomic E-state index is 2.16. The summed E-state index contributed by atoms with van der Waals surface area (Å²) < 4.78 is 0. The minimum absolute atomic E-state index is 1.18. The van der Waals surface area contributed by atoms with E-state index in [1.54, 1.807) is 0 Å². The molecule has 2 heteroatoms. The van der Waals surface area contributed by atoms with E-state index in [0.717, 1.165) is 0 Å². The fraction of sp³-hybridized carbons (Fsp3) is 0.667. The molecule has 0 N–H and O–H groups in total. The Morgan fingerprint density at radius 1 is 1.00 bits per heavy atom. The fourth-order valence-electron chi connectivity index (χ4n) is 0.271. The normalized spacial score (nSPS) is 10.8. The Bertz CT molecular complexity index is 51.5. The van der Waals surface area contributed by atoms with Crippen molar-refractivity contribution in [1.29, 1.82) is 0 Å². The second-order valence-electron chi connectivity index (χ2n) is 1.18.